The fraction of sp³-hybridized carbons (Fsp3) is 0. The number of rotatable bonds is 4. The van der Waals surface area contributed by atoms with Crippen LogP contribution in [-0.4, -0.2) is 73.3 Å². The van der Waals surface area contributed by atoms with Gasteiger partial charge in [0.15, 0.2) is 0 Å². The Kier molecular flexibility index (Phi) is 7.18. The zero-order chi connectivity index (χ0) is 32.8. The third-order valence-corrected chi connectivity index (χ3v) is 19.4. The Morgan fingerprint density at radius 1 is 0.300 bits per heavy atom. The van der Waals surface area contributed by atoms with Crippen molar-refractivity contribution < 1.29 is 9.47 Å². The number of benzene rings is 7. The standard InChI is InChI=1S/C42H24B2O2Se4/c1-3-11-25(12-4-1)45-27-19-37-41-39(21-27)49-35-24-36-32(23-31(35)43(41)29-15-7-9-17-33(29)47-37)44-30-16-8-10-18-34(30)48-38-20-28(22-40(50-36)42(38)44)46-26-13-5-2-6-14-26/h1-24H. The Labute approximate surface area is 317 Å². The van der Waals surface area contributed by atoms with Gasteiger partial charge in [-0.2, -0.15) is 0 Å². The first-order valence-electron chi connectivity index (χ1n) is 16.6. The number of hydrogen-bond donors (Lipinski definition) is 0. The Hall–Kier alpha value is -3.65. The second kappa shape index (κ2) is 12.0. The van der Waals surface area contributed by atoms with Gasteiger partial charge in [-0.15, -0.1) is 0 Å². The topological polar surface area (TPSA) is 18.5 Å². The quantitative estimate of drug-likeness (QED) is 0.194. The Morgan fingerprint density at radius 2 is 0.680 bits per heavy atom. The third-order valence-electron chi connectivity index (χ3n) is 9.79. The van der Waals surface area contributed by atoms with Crippen LogP contribution in [0.2, 0.25) is 0 Å². The summed E-state index contributed by atoms with van der Waals surface area (Å²) in [5.74, 6) is 3.71. The minimum absolute atomic E-state index is 0.177. The molecule has 7 aromatic carbocycles. The summed E-state index contributed by atoms with van der Waals surface area (Å²) in [4.78, 5) is 0. The predicted octanol–water partition coefficient (Wildman–Crippen LogP) is -1.82. The van der Waals surface area contributed by atoms with Crippen molar-refractivity contribution in [1.29, 1.82) is 0 Å². The first-order chi connectivity index (χ1) is 24.7. The van der Waals surface area contributed by atoms with Crippen LogP contribution in [0.4, 0.5) is 0 Å². The zero-order valence-electron chi connectivity index (χ0n) is 26.5. The van der Waals surface area contributed by atoms with Crippen LogP contribution in [0.3, 0.4) is 0 Å². The number of para-hydroxylation sites is 2. The molecule has 7 aromatic rings. The van der Waals surface area contributed by atoms with E-state index in [-0.39, 0.29) is 73.3 Å². The van der Waals surface area contributed by atoms with Crippen LogP contribution in [0.5, 0.6) is 23.0 Å². The number of hydrogen-bond acceptors (Lipinski definition) is 2. The van der Waals surface area contributed by atoms with Crippen molar-refractivity contribution in [3.63, 3.8) is 0 Å². The van der Waals surface area contributed by atoms with Crippen molar-refractivity contribution in [3.05, 3.63) is 146 Å². The van der Waals surface area contributed by atoms with Crippen LogP contribution in [0.25, 0.3) is 0 Å². The van der Waals surface area contributed by atoms with Crippen molar-refractivity contribution in [2.45, 2.75) is 0 Å². The fourth-order valence-electron chi connectivity index (χ4n) is 7.71. The van der Waals surface area contributed by atoms with Crippen molar-refractivity contribution in [2.24, 2.45) is 0 Å². The monoisotopic (exact) mass is 902 g/mol. The van der Waals surface area contributed by atoms with Crippen LogP contribution in [0.15, 0.2) is 146 Å². The van der Waals surface area contributed by atoms with E-state index in [4.69, 9.17) is 9.47 Å². The molecule has 0 aliphatic carbocycles. The maximum absolute atomic E-state index is 6.50. The molecule has 0 fully saturated rings. The van der Waals surface area contributed by atoms with Crippen LogP contribution < -0.4 is 77.9 Å². The molecule has 4 aliphatic heterocycles. The molecule has 0 amide bonds. The van der Waals surface area contributed by atoms with Crippen molar-refractivity contribution >= 4 is 142 Å². The number of fused-ring (bicyclic) bond motifs is 8. The van der Waals surface area contributed by atoms with Crippen molar-refractivity contribution in [1.82, 2.24) is 0 Å². The van der Waals surface area contributed by atoms with E-state index in [0.717, 1.165) is 23.0 Å². The molecule has 11 rings (SSSR count). The summed E-state index contributed by atoms with van der Waals surface area (Å²) < 4.78 is 24.9. The summed E-state index contributed by atoms with van der Waals surface area (Å²) in [6.45, 7) is 0.512. The number of ether oxygens (including phenoxy) is 2. The van der Waals surface area contributed by atoms with Gasteiger partial charge in [-0.25, -0.2) is 0 Å². The minimum atomic E-state index is 0.177. The molecule has 2 nitrogen and oxygen atoms in total. The van der Waals surface area contributed by atoms with Gasteiger partial charge in [0, 0.05) is 0 Å². The van der Waals surface area contributed by atoms with E-state index in [1.54, 1.807) is 10.9 Å². The van der Waals surface area contributed by atoms with E-state index >= 15 is 0 Å². The summed E-state index contributed by atoms with van der Waals surface area (Å²) in [5, 5.41) is 0. The molecular formula is C42H24B2O2Se4. The van der Waals surface area contributed by atoms with Crippen LogP contribution in [0, 0.1) is 0 Å². The molecule has 0 saturated carbocycles. The van der Waals surface area contributed by atoms with E-state index in [2.05, 4.69) is 84.9 Å². The van der Waals surface area contributed by atoms with Crippen LogP contribution >= 0.6 is 0 Å². The molecule has 0 radical (unpaired) electrons. The molecule has 0 atom stereocenters. The molecule has 8 heteroatoms. The van der Waals surface area contributed by atoms with E-state index < -0.39 is 0 Å². The molecule has 0 N–H and O–H groups in total. The van der Waals surface area contributed by atoms with Gasteiger partial charge in [-0.1, -0.05) is 0 Å². The molecule has 50 heavy (non-hydrogen) atoms. The molecule has 0 aromatic heterocycles. The molecular weight excluding hydrogens is 874 g/mol. The van der Waals surface area contributed by atoms with Crippen LogP contribution in [0.1, 0.15) is 0 Å². The molecule has 0 bridgehead atoms. The molecule has 4 heterocycles. The van der Waals surface area contributed by atoms with Gasteiger partial charge in [-0.3, -0.25) is 0 Å². The molecule has 0 saturated heterocycles. The molecule has 0 spiro atoms. The Morgan fingerprint density at radius 3 is 1.12 bits per heavy atom. The first kappa shape index (κ1) is 30.0. The summed E-state index contributed by atoms with van der Waals surface area (Å²) in [6.07, 6.45) is 0. The van der Waals surface area contributed by atoms with E-state index in [0.29, 0.717) is 0 Å². The Bertz CT molecular complexity index is 2350. The van der Waals surface area contributed by atoms with Gasteiger partial charge >= 0.3 is 320 Å². The Balaban J connectivity index is 1.08. The van der Waals surface area contributed by atoms with Gasteiger partial charge in [-0.05, 0) is 0 Å². The van der Waals surface area contributed by atoms with E-state index in [1.165, 1.54) is 57.5 Å². The average molecular weight is 898 g/mol. The normalized spacial score (nSPS) is 14.0. The van der Waals surface area contributed by atoms with Crippen molar-refractivity contribution in [3.8, 4) is 23.0 Å². The van der Waals surface area contributed by atoms with Gasteiger partial charge in [0.2, 0.25) is 0 Å². The van der Waals surface area contributed by atoms with Crippen molar-refractivity contribution in [2.75, 3.05) is 0 Å². The first-order valence-corrected chi connectivity index (χ1v) is 23.5. The third kappa shape index (κ3) is 4.90. The average Bonchev–Trinajstić information content (AvgIpc) is 3.14. The summed E-state index contributed by atoms with van der Waals surface area (Å²) in [5.41, 5.74) is 9.13. The van der Waals surface area contributed by atoms with E-state index in [9.17, 15) is 0 Å². The predicted molar refractivity (Wildman–Crippen MR) is 215 cm³/mol. The zero-order valence-corrected chi connectivity index (χ0v) is 33.3. The van der Waals surface area contributed by atoms with E-state index in [1.807, 2.05) is 60.7 Å². The molecule has 234 valence electrons. The summed E-state index contributed by atoms with van der Waals surface area (Å²) in [6, 6.07) is 53.6. The maximum atomic E-state index is 6.50. The van der Waals surface area contributed by atoms with Gasteiger partial charge in [0.25, 0.3) is 0 Å². The van der Waals surface area contributed by atoms with Gasteiger partial charge in [0.1, 0.15) is 0 Å². The van der Waals surface area contributed by atoms with Gasteiger partial charge < -0.3 is 0 Å². The second-order valence-corrected chi connectivity index (χ2v) is 21.9. The molecule has 4 aliphatic rings. The van der Waals surface area contributed by atoms with Crippen LogP contribution in [-0.2, 0) is 0 Å². The molecule has 0 unspecified atom stereocenters. The SMILES string of the molecule is c1ccc(Oc2cc3c4c(c2)[Se]c2cc5c(cc2B4c2ccccc2[Se]3)B2c3ccccc3[Se]c3cc(Oc4ccccc4)cc(c32)[Se]5)cc1. The fourth-order valence-corrected chi connectivity index (χ4v) is 18.9. The summed E-state index contributed by atoms with van der Waals surface area (Å²) >= 11 is 0.819. The van der Waals surface area contributed by atoms with Gasteiger partial charge in [0.05, 0.1) is 0 Å². The second-order valence-electron chi connectivity index (χ2n) is 12.8. The summed E-state index contributed by atoms with van der Waals surface area (Å²) in [7, 11) is 0.